The number of nitrogens with zero attached hydrogens (tertiary/aromatic N) is 2. The Bertz CT molecular complexity index is 1300. The second-order valence-electron chi connectivity index (χ2n) is 8.84. The van der Waals surface area contributed by atoms with Crippen molar-refractivity contribution in [2.45, 2.75) is 13.0 Å². The van der Waals surface area contributed by atoms with Crippen molar-refractivity contribution < 1.29 is 28.7 Å². The number of rotatable bonds is 10. The Morgan fingerprint density at radius 1 is 0.878 bits per heavy atom. The number of hydrogen-bond acceptors (Lipinski definition) is 10. The number of ether oxygens (including phenoxy) is 2. The van der Waals surface area contributed by atoms with Gasteiger partial charge in [0.1, 0.15) is 21.0 Å². The summed E-state index contributed by atoms with van der Waals surface area (Å²) in [5, 5.41) is 5.42. The number of methoxy groups -OCH3 is 1. The molecule has 2 aliphatic rings. The third-order valence-electron chi connectivity index (χ3n) is 6.15. The first-order chi connectivity index (χ1) is 19.8. The zero-order valence-electron chi connectivity index (χ0n) is 22.2. The van der Waals surface area contributed by atoms with Crippen LogP contribution in [0.4, 0.5) is 4.79 Å². The first kappa shape index (κ1) is 30.8. The fraction of sp³-hybridized carbons (Fsp3) is 0.333. The predicted octanol–water partition coefficient (Wildman–Crippen LogP) is 3.69. The number of thioether (sulfide) groups is 2. The summed E-state index contributed by atoms with van der Waals surface area (Å²) >= 11 is 13.4. The Balaban J connectivity index is 1.43. The van der Waals surface area contributed by atoms with Crippen molar-refractivity contribution in [1.29, 1.82) is 0 Å². The van der Waals surface area contributed by atoms with Crippen LogP contribution in [0.25, 0.3) is 0 Å². The van der Waals surface area contributed by atoms with Crippen molar-refractivity contribution in [3.63, 3.8) is 0 Å². The van der Waals surface area contributed by atoms with E-state index in [1.807, 2.05) is 30.3 Å². The van der Waals surface area contributed by atoms with Gasteiger partial charge in [0, 0.05) is 43.2 Å². The van der Waals surface area contributed by atoms with Crippen LogP contribution in [0, 0.1) is 0 Å². The van der Waals surface area contributed by atoms with Crippen molar-refractivity contribution in [2.75, 3.05) is 44.8 Å². The lowest BCUT2D eigenvalue weighted by Crippen LogP contribution is -2.34. The van der Waals surface area contributed by atoms with Crippen molar-refractivity contribution in [2.24, 2.45) is 0 Å². The Kier molecular flexibility index (Phi) is 11.0. The predicted molar refractivity (Wildman–Crippen MR) is 167 cm³/mol. The van der Waals surface area contributed by atoms with Crippen LogP contribution in [0.15, 0.2) is 42.5 Å². The quantitative estimate of drug-likeness (QED) is 0.297. The number of alkyl carbamates (subject to hydrolysis) is 1. The van der Waals surface area contributed by atoms with E-state index in [1.165, 1.54) is 52.6 Å². The van der Waals surface area contributed by atoms with Gasteiger partial charge in [0.2, 0.25) is 0 Å². The van der Waals surface area contributed by atoms with Crippen LogP contribution in [0.3, 0.4) is 0 Å². The first-order valence-electron chi connectivity index (χ1n) is 12.7. The number of nitrogens with one attached hydrogen (secondary N) is 2. The highest BCUT2D eigenvalue weighted by molar-refractivity contribution is 8.23. The molecular formula is C27H28N4O6S4. The molecule has 2 aromatic rings. The summed E-state index contributed by atoms with van der Waals surface area (Å²) in [6, 6.07) is 12.1. The SMILES string of the molecule is COc1c(C(=O)N2CCSC2=S)cc(C(=O)NCCCNC(=O)OCc2ccccc2)cc1C(=O)N1CCSC1=S. The molecule has 0 bridgehead atoms. The lowest BCUT2D eigenvalue weighted by atomic mass is 10.0. The molecule has 0 aromatic heterocycles. The third kappa shape index (κ3) is 7.76. The molecule has 0 saturated carbocycles. The van der Waals surface area contributed by atoms with Crippen LogP contribution >= 0.6 is 48.0 Å². The summed E-state index contributed by atoms with van der Waals surface area (Å²) in [5.74, 6) is 0.000337. The van der Waals surface area contributed by atoms with E-state index in [4.69, 9.17) is 33.9 Å². The number of amides is 4. The molecule has 0 unspecified atom stereocenters. The molecule has 4 rings (SSSR count). The van der Waals surface area contributed by atoms with Gasteiger partial charge in [-0.1, -0.05) is 78.3 Å². The molecule has 2 aliphatic heterocycles. The molecule has 2 fully saturated rings. The zero-order chi connectivity index (χ0) is 29.4. The highest BCUT2D eigenvalue weighted by Crippen LogP contribution is 2.32. The van der Waals surface area contributed by atoms with Gasteiger partial charge in [-0.05, 0) is 24.1 Å². The number of hydrogen-bond donors (Lipinski definition) is 2. The van der Waals surface area contributed by atoms with Crippen molar-refractivity contribution in [3.8, 4) is 5.75 Å². The second-order valence-corrected chi connectivity index (χ2v) is 12.3. The summed E-state index contributed by atoms with van der Waals surface area (Å²) in [6.07, 6.45) is -0.129. The Hall–Kier alpha value is -3.20. The van der Waals surface area contributed by atoms with Crippen LogP contribution in [0.2, 0.25) is 0 Å². The van der Waals surface area contributed by atoms with Gasteiger partial charge >= 0.3 is 6.09 Å². The van der Waals surface area contributed by atoms with E-state index in [0.29, 0.717) is 39.7 Å². The Morgan fingerprint density at radius 2 is 1.44 bits per heavy atom. The zero-order valence-corrected chi connectivity index (χ0v) is 25.4. The van der Waals surface area contributed by atoms with Crippen molar-refractivity contribution in [3.05, 3.63) is 64.7 Å². The van der Waals surface area contributed by atoms with Crippen LogP contribution in [-0.2, 0) is 11.3 Å². The molecule has 14 heteroatoms. The van der Waals surface area contributed by atoms with E-state index in [0.717, 1.165) is 5.56 Å². The van der Waals surface area contributed by atoms with Crippen LogP contribution in [0.1, 0.15) is 43.1 Å². The van der Waals surface area contributed by atoms with E-state index in [1.54, 1.807) is 0 Å². The summed E-state index contributed by atoms with van der Waals surface area (Å²) < 4.78 is 11.6. The molecule has 2 saturated heterocycles. The summed E-state index contributed by atoms with van der Waals surface area (Å²) in [5.41, 5.74) is 1.12. The normalized spacial score (nSPS) is 14.7. The summed E-state index contributed by atoms with van der Waals surface area (Å²) in [6.45, 7) is 1.50. The van der Waals surface area contributed by atoms with Gasteiger partial charge in [-0.2, -0.15) is 0 Å². The van der Waals surface area contributed by atoms with E-state index in [-0.39, 0.29) is 42.1 Å². The Labute approximate surface area is 256 Å². The fourth-order valence-electron chi connectivity index (χ4n) is 4.10. The second kappa shape index (κ2) is 14.6. The van der Waals surface area contributed by atoms with Gasteiger partial charge < -0.3 is 20.1 Å². The highest BCUT2D eigenvalue weighted by atomic mass is 32.2. The minimum absolute atomic E-state index is 0.0638. The van der Waals surface area contributed by atoms with E-state index >= 15 is 0 Å². The Morgan fingerprint density at radius 3 is 1.95 bits per heavy atom. The smallest absolute Gasteiger partial charge is 0.407 e. The van der Waals surface area contributed by atoms with Gasteiger partial charge in [0.25, 0.3) is 17.7 Å². The van der Waals surface area contributed by atoms with E-state index in [2.05, 4.69) is 10.6 Å². The van der Waals surface area contributed by atoms with Crippen molar-refractivity contribution in [1.82, 2.24) is 20.4 Å². The molecule has 216 valence electrons. The molecule has 41 heavy (non-hydrogen) atoms. The molecule has 0 atom stereocenters. The van der Waals surface area contributed by atoms with Gasteiger partial charge in [-0.25, -0.2) is 4.79 Å². The maximum atomic E-state index is 13.5. The van der Waals surface area contributed by atoms with Crippen LogP contribution in [-0.4, -0.2) is 87.1 Å². The topological polar surface area (TPSA) is 117 Å². The van der Waals surface area contributed by atoms with Gasteiger partial charge in [0.05, 0.1) is 18.2 Å². The molecule has 4 amide bonds. The molecule has 2 aromatic carbocycles. The largest absolute Gasteiger partial charge is 0.495 e. The van der Waals surface area contributed by atoms with Gasteiger partial charge in [-0.15, -0.1) is 0 Å². The fourth-order valence-corrected chi connectivity index (χ4v) is 6.51. The molecular weight excluding hydrogens is 605 g/mol. The summed E-state index contributed by atoms with van der Waals surface area (Å²) in [4.78, 5) is 54.9. The van der Waals surface area contributed by atoms with E-state index in [9.17, 15) is 19.2 Å². The molecule has 10 nitrogen and oxygen atoms in total. The number of benzene rings is 2. The minimum atomic E-state index is -0.558. The summed E-state index contributed by atoms with van der Waals surface area (Å²) in [7, 11) is 1.37. The van der Waals surface area contributed by atoms with Crippen LogP contribution in [0.5, 0.6) is 5.75 Å². The number of carbonyl (C=O) groups is 4. The average molecular weight is 633 g/mol. The maximum absolute atomic E-state index is 13.5. The maximum Gasteiger partial charge on any atom is 0.407 e. The van der Waals surface area contributed by atoms with E-state index < -0.39 is 23.8 Å². The average Bonchev–Trinajstić information content (AvgIpc) is 3.62. The van der Waals surface area contributed by atoms with Crippen molar-refractivity contribution >= 4 is 80.4 Å². The van der Waals surface area contributed by atoms with Gasteiger partial charge in [0.15, 0.2) is 0 Å². The lowest BCUT2D eigenvalue weighted by Gasteiger charge is -2.21. The first-order valence-corrected chi connectivity index (χ1v) is 15.5. The standard InChI is InChI=1S/C27H28N4O6S4/c1-36-21-19(23(33)30-10-12-40-26(30)38)14-18(15-20(21)24(34)31-11-13-41-27(31)39)22(32)28-8-5-9-29-25(35)37-16-17-6-3-2-4-7-17/h2-4,6-7,14-15H,5,8-13,16H2,1H3,(H,28,32)(H,29,35). The van der Waals surface area contributed by atoms with Gasteiger partial charge in [-0.3, -0.25) is 24.2 Å². The number of carbonyl (C=O) groups excluding carboxylic acids is 4. The molecule has 2 heterocycles. The minimum Gasteiger partial charge on any atom is -0.495 e. The van der Waals surface area contributed by atoms with Crippen LogP contribution < -0.4 is 15.4 Å². The molecule has 2 N–H and O–H groups in total. The third-order valence-corrected chi connectivity index (χ3v) is 9.01. The molecule has 0 spiro atoms. The highest BCUT2D eigenvalue weighted by Gasteiger charge is 2.33. The lowest BCUT2D eigenvalue weighted by molar-refractivity contribution is 0.0854. The molecule has 0 radical (unpaired) electrons. The number of thiocarbonyl (C=S) groups is 2. The monoisotopic (exact) mass is 632 g/mol. The molecule has 0 aliphatic carbocycles.